The maximum absolute atomic E-state index is 11.9. The van der Waals surface area contributed by atoms with Gasteiger partial charge in [-0.15, -0.1) is 0 Å². The molecule has 0 aliphatic heterocycles. The van der Waals surface area contributed by atoms with Crippen molar-refractivity contribution < 1.29 is 4.92 Å². The summed E-state index contributed by atoms with van der Waals surface area (Å²) in [7, 11) is 0. The number of para-hydroxylation sites is 1. The summed E-state index contributed by atoms with van der Waals surface area (Å²) in [6.07, 6.45) is 3.00. The largest absolute Gasteiger partial charge is 0.357 e. The van der Waals surface area contributed by atoms with Crippen molar-refractivity contribution in [1.29, 1.82) is 5.26 Å². The number of H-pyrrole nitrogens is 2. The van der Waals surface area contributed by atoms with Crippen LogP contribution >= 0.6 is 0 Å². The summed E-state index contributed by atoms with van der Waals surface area (Å²) in [4.78, 5) is 38.2. The summed E-state index contributed by atoms with van der Waals surface area (Å²) >= 11 is 0. The fourth-order valence-electron chi connectivity index (χ4n) is 3.78. The molecule has 4 rings (SSSR count). The van der Waals surface area contributed by atoms with Gasteiger partial charge in [0.15, 0.2) is 0 Å². The molecule has 2 N–H and O–H groups in total. The molecule has 0 saturated heterocycles. The Morgan fingerprint density at radius 1 is 1.09 bits per heavy atom. The molecule has 9 nitrogen and oxygen atoms in total. The van der Waals surface area contributed by atoms with Gasteiger partial charge in [0.05, 0.1) is 16.6 Å². The number of hydrogen-bond donors (Lipinski definition) is 2. The van der Waals surface area contributed by atoms with Crippen LogP contribution in [0.25, 0.3) is 23.1 Å². The lowest BCUT2D eigenvalue weighted by Gasteiger charge is -2.10. The van der Waals surface area contributed by atoms with Gasteiger partial charge in [-0.05, 0) is 30.7 Å². The Balaban J connectivity index is 1.87. The maximum atomic E-state index is 11.9. The molecule has 0 radical (unpaired) electrons. The third kappa shape index (κ3) is 3.61. The molecule has 0 aliphatic carbocycles. The predicted molar refractivity (Wildman–Crippen MR) is 120 cm³/mol. The quantitative estimate of drug-likeness (QED) is 0.372. The maximum Gasteiger partial charge on any atom is 0.357 e. The van der Waals surface area contributed by atoms with Crippen LogP contribution in [-0.2, 0) is 6.54 Å². The highest BCUT2D eigenvalue weighted by Gasteiger charge is 2.19. The number of nitro groups is 1. The zero-order valence-electron chi connectivity index (χ0n) is 17.0. The molecule has 2 aromatic carbocycles. The number of fused-ring (bicyclic) bond motifs is 1. The number of nitriles is 1. The lowest BCUT2D eigenvalue weighted by Crippen LogP contribution is -2.25. The van der Waals surface area contributed by atoms with Crippen molar-refractivity contribution in [3.05, 3.63) is 108 Å². The van der Waals surface area contributed by atoms with E-state index in [0.29, 0.717) is 12.1 Å². The highest BCUT2D eigenvalue weighted by molar-refractivity contribution is 5.94. The number of rotatable bonds is 5. The number of aromatic nitrogens is 3. The zero-order chi connectivity index (χ0) is 22.8. The van der Waals surface area contributed by atoms with Gasteiger partial charge in [-0.25, -0.2) is 4.79 Å². The van der Waals surface area contributed by atoms with Crippen LogP contribution in [0, 0.1) is 28.4 Å². The molecule has 0 spiro atoms. The molecular weight excluding hydrogens is 410 g/mol. The molecule has 0 unspecified atom stereocenters. The Bertz CT molecular complexity index is 1550. The van der Waals surface area contributed by atoms with Crippen LogP contribution in [0.4, 0.5) is 5.69 Å². The van der Waals surface area contributed by atoms with Gasteiger partial charge in [0.2, 0.25) is 0 Å². The number of aromatic amines is 2. The second kappa shape index (κ2) is 8.20. The molecule has 0 fully saturated rings. The van der Waals surface area contributed by atoms with Crippen molar-refractivity contribution in [3.8, 4) is 6.07 Å². The van der Waals surface area contributed by atoms with Crippen LogP contribution in [0.3, 0.4) is 0 Å². The van der Waals surface area contributed by atoms with E-state index in [1.54, 1.807) is 12.1 Å². The minimum atomic E-state index is -1.06. The Hall–Kier alpha value is -4.71. The van der Waals surface area contributed by atoms with Crippen molar-refractivity contribution in [2.75, 3.05) is 0 Å². The van der Waals surface area contributed by atoms with Crippen molar-refractivity contribution >= 4 is 28.7 Å². The topological polar surface area (TPSA) is 138 Å². The number of benzene rings is 2. The Morgan fingerprint density at radius 2 is 1.81 bits per heavy atom. The summed E-state index contributed by atoms with van der Waals surface area (Å²) in [6.45, 7) is 2.37. The normalized spacial score (nSPS) is 11.1. The van der Waals surface area contributed by atoms with Crippen LogP contribution in [0.1, 0.15) is 28.1 Å². The van der Waals surface area contributed by atoms with Crippen molar-refractivity contribution in [3.63, 3.8) is 0 Å². The van der Waals surface area contributed by atoms with Crippen LogP contribution < -0.4 is 11.2 Å². The average Bonchev–Trinajstić information content (AvgIpc) is 3.03. The lowest BCUT2D eigenvalue weighted by molar-refractivity contribution is -0.386. The molecule has 9 heteroatoms. The molecule has 2 aromatic heterocycles. The van der Waals surface area contributed by atoms with E-state index in [1.807, 2.05) is 54.4 Å². The van der Waals surface area contributed by atoms with Crippen molar-refractivity contribution in [1.82, 2.24) is 14.5 Å². The standard InChI is InChI=1S/C23H17N5O4/c1-14-17(10-11-19-21(28(31)32)22(29)26-23(30)25-19)18-8-4-5-9-20(18)27(14)13-16-7-3-2-6-15(16)12-24/h2-11H,13H2,1H3,(H2,25,26,29,30). The number of nitrogens with zero attached hydrogens (tertiary/aromatic N) is 3. The molecule has 2 heterocycles. The first-order valence-electron chi connectivity index (χ1n) is 9.65. The molecule has 0 saturated carbocycles. The van der Waals surface area contributed by atoms with E-state index in [-0.39, 0.29) is 5.69 Å². The van der Waals surface area contributed by atoms with E-state index in [2.05, 4.69) is 15.6 Å². The van der Waals surface area contributed by atoms with E-state index < -0.39 is 21.9 Å². The third-order valence-corrected chi connectivity index (χ3v) is 5.29. The second-order valence-corrected chi connectivity index (χ2v) is 7.13. The van der Waals surface area contributed by atoms with Crippen LogP contribution in [0.5, 0.6) is 0 Å². The van der Waals surface area contributed by atoms with Crippen LogP contribution in [-0.4, -0.2) is 19.5 Å². The van der Waals surface area contributed by atoms with Crippen molar-refractivity contribution in [2.45, 2.75) is 13.5 Å². The predicted octanol–water partition coefficient (Wildman–Crippen LogP) is 3.32. The summed E-state index contributed by atoms with van der Waals surface area (Å²) in [5, 5.41) is 21.6. The smallest absolute Gasteiger partial charge is 0.340 e. The van der Waals surface area contributed by atoms with Gasteiger partial charge >= 0.3 is 16.9 Å². The lowest BCUT2D eigenvalue weighted by atomic mass is 10.1. The first-order chi connectivity index (χ1) is 15.4. The summed E-state index contributed by atoms with van der Waals surface area (Å²) < 4.78 is 2.06. The average molecular weight is 427 g/mol. The molecule has 32 heavy (non-hydrogen) atoms. The first kappa shape index (κ1) is 20.6. The van der Waals surface area contributed by atoms with Gasteiger partial charge in [-0.1, -0.05) is 42.5 Å². The third-order valence-electron chi connectivity index (χ3n) is 5.29. The fraction of sp³-hybridized carbons (Fsp3) is 0.0870. The molecule has 0 amide bonds. The minimum absolute atomic E-state index is 0.185. The Kier molecular flexibility index (Phi) is 5.27. The summed E-state index contributed by atoms with van der Waals surface area (Å²) in [5.41, 5.74) is 1.21. The summed E-state index contributed by atoms with van der Waals surface area (Å²) in [6, 6.07) is 17.2. The summed E-state index contributed by atoms with van der Waals surface area (Å²) in [5.74, 6) is 0. The van der Waals surface area contributed by atoms with Crippen LogP contribution in [0.15, 0.2) is 58.1 Å². The highest BCUT2D eigenvalue weighted by Crippen LogP contribution is 2.29. The number of hydrogen-bond acceptors (Lipinski definition) is 5. The van der Waals surface area contributed by atoms with Crippen molar-refractivity contribution in [2.24, 2.45) is 0 Å². The van der Waals surface area contributed by atoms with Gasteiger partial charge < -0.3 is 9.55 Å². The van der Waals surface area contributed by atoms with Gasteiger partial charge in [0.1, 0.15) is 5.69 Å². The minimum Gasteiger partial charge on any atom is -0.340 e. The van der Waals surface area contributed by atoms with Crippen LogP contribution in [0.2, 0.25) is 0 Å². The van der Waals surface area contributed by atoms with Gasteiger partial charge in [0, 0.05) is 28.7 Å². The highest BCUT2D eigenvalue weighted by atomic mass is 16.6. The first-order valence-corrected chi connectivity index (χ1v) is 9.65. The Labute approximate surface area is 181 Å². The zero-order valence-corrected chi connectivity index (χ0v) is 17.0. The van der Waals surface area contributed by atoms with E-state index in [0.717, 1.165) is 27.7 Å². The van der Waals surface area contributed by atoms with E-state index >= 15 is 0 Å². The molecule has 158 valence electrons. The Morgan fingerprint density at radius 3 is 2.56 bits per heavy atom. The van der Waals surface area contributed by atoms with Gasteiger partial charge in [0.25, 0.3) is 0 Å². The monoisotopic (exact) mass is 427 g/mol. The van der Waals surface area contributed by atoms with E-state index in [4.69, 9.17) is 0 Å². The van der Waals surface area contributed by atoms with E-state index in [9.17, 15) is 25.0 Å². The SMILES string of the molecule is Cc1c(C=Cc2[nH]c(=O)[nH]c(=O)c2[N+](=O)[O-])c2ccccc2n1Cc1ccccc1C#N. The second-order valence-electron chi connectivity index (χ2n) is 7.13. The molecule has 4 aromatic rings. The number of nitrogens with one attached hydrogen (secondary N) is 2. The van der Waals surface area contributed by atoms with E-state index in [1.165, 1.54) is 6.08 Å². The fourth-order valence-corrected chi connectivity index (χ4v) is 3.78. The van der Waals surface area contributed by atoms with Gasteiger partial charge in [-0.3, -0.25) is 19.9 Å². The van der Waals surface area contributed by atoms with Gasteiger partial charge in [-0.2, -0.15) is 5.26 Å². The molecule has 0 bridgehead atoms. The molecule has 0 aliphatic rings. The molecule has 0 atom stereocenters. The molecular formula is C23H17N5O4.